The number of benzene rings is 1. The Morgan fingerprint density at radius 1 is 1.32 bits per heavy atom. The van der Waals surface area contributed by atoms with Crippen LogP contribution in [0.2, 0.25) is 5.02 Å². The lowest BCUT2D eigenvalue weighted by Gasteiger charge is -2.13. The summed E-state index contributed by atoms with van der Waals surface area (Å²) in [5.41, 5.74) is -0.0287. The fraction of sp³-hybridized carbons (Fsp3) is 0.217. The molecule has 1 amide bonds. The molecule has 34 heavy (non-hydrogen) atoms. The fourth-order valence-corrected chi connectivity index (χ4v) is 5.44. The summed E-state index contributed by atoms with van der Waals surface area (Å²) in [6.07, 6.45) is 2.87. The second-order valence-corrected chi connectivity index (χ2v) is 10.4. The molecule has 1 saturated heterocycles. The molecule has 1 aromatic carbocycles. The van der Waals surface area contributed by atoms with Gasteiger partial charge in [-0.05, 0) is 43.2 Å². The number of ether oxygens (including phenoxy) is 1. The Kier molecular flexibility index (Phi) is 6.41. The topological polar surface area (TPSA) is 131 Å². The van der Waals surface area contributed by atoms with Crippen molar-refractivity contribution in [2.24, 2.45) is 0 Å². The van der Waals surface area contributed by atoms with Gasteiger partial charge in [-0.25, -0.2) is 8.42 Å². The van der Waals surface area contributed by atoms with E-state index in [2.05, 4.69) is 10.3 Å². The highest BCUT2D eigenvalue weighted by molar-refractivity contribution is 7.91. The van der Waals surface area contributed by atoms with Crippen LogP contribution in [0, 0.1) is 18.3 Å². The number of hydrogen-bond donors (Lipinski definition) is 1. The summed E-state index contributed by atoms with van der Waals surface area (Å²) in [5.74, 6) is -0.909. The van der Waals surface area contributed by atoms with Crippen LogP contribution >= 0.6 is 11.6 Å². The van der Waals surface area contributed by atoms with Crippen molar-refractivity contribution in [2.75, 3.05) is 11.5 Å². The van der Waals surface area contributed by atoms with Gasteiger partial charge in [-0.2, -0.15) is 10.2 Å². The zero-order valence-electron chi connectivity index (χ0n) is 18.0. The molecule has 1 atom stereocenters. The molecule has 0 bridgehead atoms. The van der Waals surface area contributed by atoms with E-state index in [1.54, 1.807) is 49.4 Å². The van der Waals surface area contributed by atoms with Crippen LogP contribution in [-0.4, -0.2) is 41.3 Å². The molecule has 0 spiro atoms. The molecule has 0 saturated carbocycles. The Morgan fingerprint density at radius 3 is 2.76 bits per heavy atom. The molecule has 4 rings (SSSR count). The first-order chi connectivity index (χ1) is 16.2. The fourth-order valence-electron chi connectivity index (χ4n) is 3.59. The molecular formula is C23H19ClN4O5S. The number of hydrogen-bond acceptors (Lipinski definition) is 7. The summed E-state index contributed by atoms with van der Waals surface area (Å²) in [4.78, 5) is 30.5. The first-order valence-electron chi connectivity index (χ1n) is 10.3. The molecule has 2 aromatic heterocycles. The Balaban J connectivity index is 1.81. The molecule has 174 valence electrons. The van der Waals surface area contributed by atoms with Gasteiger partial charge in [0.2, 0.25) is 5.88 Å². The minimum absolute atomic E-state index is 0.0331. The quantitative estimate of drug-likeness (QED) is 0.422. The maximum atomic E-state index is 13.3. The molecular weight excluding hydrogens is 480 g/mol. The third-order valence-electron chi connectivity index (χ3n) is 5.31. The van der Waals surface area contributed by atoms with Gasteiger partial charge in [0.1, 0.15) is 28.6 Å². The molecule has 3 heterocycles. The van der Waals surface area contributed by atoms with Crippen LogP contribution in [0.4, 0.5) is 0 Å². The molecule has 1 N–H and O–H groups in total. The zero-order chi connectivity index (χ0) is 24.5. The monoisotopic (exact) mass is 498 g/mol. The van der Waals surface area contributed by atoms with Gasteiger partial charge in [-0.3, -0.25) is 14.0 Å². The van der Waals surface area contributed by atoms with Crippen LogP contribution in [0.15, 0.2) is 53.0 Å². The first-order valence-corrected chi connectivity index (χ1v) is 12.5. The van der Waals surface area contributed by atoms with Gasteiger partial charge in [0.05, 0.1) is 16.5 Å². The largest absolute Gasteiger partial charge is 0.437 e. The number of sulfone groups is 1. The van der Waals surface area contributed by atoms with E-state index in [-0.39, 0.29) is 45.7 Å². The number of carbonyl (C=O) groups is 1. The standard InChI is InChI=1S/C23H19ClN4O5S/c1-14-5-4-9-28-20(14)27-22(33-19-7-3-2-6-18(19)24)17(23(28)30)11-15(12-25)21(29)26-16-8-10-34(31,32)13-16/h2-7,9,11,16H,8,10,13H2,1H3,(H,26,29). The molecule has 1 aliphatic rings. The average Bonchev–Trinajstić information content (AvgIpc) is 3.13. The lowest BCUT2D eigenvalue weighted by Crippen LogP contribution is -2.36. The van der Waals surface area contributed by atoms with Crippen LogP contribution in [0.1, 0.15) is 17.5 Å². The number of aryl methyl sites for hydroxylation is 1. The van der Waals surface area contributed by atoms with Crippen LogP contribution in [0.3, 0.4) is 0 Å². The van der Waals surface area contributed by atoms with Crippen LogP contribution in [-0.2, 0) is 14.6 Å². The molecule has 0 aliphatic carbocycles. The highest BCUT2D eigenvalue weighted by atomic mass is 35.5. The van der Waals surface area contributed by atoms with Crippen LogP contribution in [0.5, 0.6) is 11.6 Å². The van der Waals surface area contributed by atoms with E-state index in [0.717, 1.165) is 6.08 Å². The van der Waals surface area contributed by atoms with E-state index in [1.807, 2.05) is 0 Å². The van der Waals surface area contributed by atoms with Crippen molar-refractivity contribution in [1.29, 1.82) is 5.26 Å². The summed E-state index contributed by atoms with van der Waals surface area (Å²) >= 11 is 6.20. The van der Waals surface area contributed by atoms with E-state index in [1.165, 1.54) is 10.6 Å². The number of aromatic nitrogens is 2. The van der Waals surface area contributed by atoms with Gasteiger partial charge >= 0.3 is 0 Å². The second kappa shape index (κ2) is 9.29. The van der Waals surface area contributed by atoms with E-state index >= 15 is 0 Å². The molecule has 0 radical (unpaired) electrons. The maximum absolute atomic E-state index is 13.3. The predicted molar refractivity (Wildman–Crippen MR) is 127 cm³/mol. The molecule has 1 aliphatic heterocycles. The third-order valence-corrected chi connectivity index (χ3v) is 7.39. The predicted octanol–water partition coefficient (Wildman–Crippen LogP) is 2.66. The van der Waals surface area contributed by atoms with E-state index in [0.29, 0.717) is 11.2 Å². The lowest BCUT2D eigenvalue weighted by molar-refractivity contribution is -0.117. The summed E-state index contributed by atoms with van der Waals surface area (Å²) < 4.78 is 30.5. The van der Waals surface area contributed by atoms with Crippen molar-refractivity contribution in [1.82, 2.24) is 14.7 Å². The summed E-state index contributed by atoms with van der Waals surface area (Å²) in [7, 11) is -3.23. The molecule has 1 fully saturated rings. The van der Waals surface area contributed by atoms with Gasteiger partial charge in [-0.1, -0.05) is 29.8 Å². The van der Waals surface area contributed by atoms with Gasteiger partial charge in [0, 0.05) is 12.2 Å². The van der Waals surface area contributed by atoms with E-state index in [9.17, 15) is 23.3 Å². The van der Waals surface area contributed by atoms with Crippen molar-refractivity contribution in [3.63, 3.8) is 0 Å². The minimum Gasteiger partial charge on any atom is -0.437 e. The smallest absolute Gasteiger partial charge is 0.269 e. The van der Waals surface area contributed by atoms with Crippen LogP contribution < -0.4 is 15.6 Å². The highest BCUT2D eigenvalue weighted by Gasteiger charge is 2.30. The van der Waals surface area contributed by atoms with Gasteiger partial charge in [0.15, 0.2) is 9.84 Å². The lowest BCUT2D eigenvalue weighted by atomic mass is 10.1. The number of fused-ring (bicyclic) bond motifs is 1. The number of halogens is 1. The van der Waals surface area contributed by atoms with E-state index in [4.69, 9.17) is 16.3 Å². The summed E-state index contributed by atoms with van der Waals surface area (Å²) in [5, 5.41) is 12.5. The number of carbonyl (C=O) groups excluding carboxylic acids is 1. The number of nitriles is 1. The first kappa shape index (κ1) is 23.5. The average molecular weight is 499 g/mol. The van der Waals surface area contributed by atoms with Crippen LogP contribution in [0.25, 0.3) is 11.7 Å². The Bertz CT molecular complexity index is 1540. The van der Waals surface area contributed by atoms with Crippen molar-refractivity contribution >= 4 is 39.1 Å². The Morgan fingerprint density at radius 2 is 2.09 bits per heavy atom. The molecule has 9 nitrogen and oxygen atoms in total. The summed E-state index contributed by atoms with van der Waals surface area (Å²) in [6.45, 7) is 1.78. The van der Waals surface area contributed by atoms with Crippen molar-refractivity contribution in [3.8, 4) is 17.7 Å². The SMILES string of the molecule is Cc1cccn2c(=O)c(C=C(C#N)C(=O)NC3CCS(=O)(=O)C3)c(Oc3ccccc3Cl)nc12. The third kappa shape index (κ3) is 4.81. The molecule has 11 heteroatoms. The summed E-state index contributed by atoms with van der Waals surface area (Å²) in [6, 6.07) is 11.2. The maximum Gasteiger partial charge on any atom is 0.269 e. The molecule has 3 aromatic rings. The van der Waals surface area contributed by atoms with E-state index < -0.39 is 27.3 Å². The number of pyridine rings is 1. The number of para-hydroxylation sites is 1. The van der Waals surface area contributed by atoms with Crippen molar-refractivity contribution in [3.05, 3.63) is 74.7 Å². The van der Waals surface area contributed by atoms with Gasteiger partial charge < -0.3 is 10.1 Å². The zero-order valence-corrected chi connectivity index (χ0v) is 19.6. The second-order valence-electron chi connectivity index (χ2n) is 7.80. The molecule has 1 unspecified atom stereocenters. The number of rotatable bonds is 5. The van der Waals surface area contributed by atoms with Crippen molar-refractivity contribution < 1.29 is 17.9 Å². The normalized spacial score (nSPS) is 17.3. The number of nitrogens with zero attached hydrogens (tertiary/aromatic N) is 3. The van der Waals surface area contributed by atoms with Crippen molar-refractivity contribution in [2.45, 2.75) is 19.4 Å². The van der Waals surface area contributed by atoms with Gasteiger partial charge in [-0.15, -0.1) is 0 Å². The number of amides is 1. The number of nitrogens with one attached hydrogen (secondary N) is 1. The highest BCUT2D eigenvalue weighted by Crippen LogP contribution is 2.30. The minimum atomic E-state index is -3.23. The Labute approximate surface area is 200 Å². The Hall–Kier alpha value is -3.68. The van der Waals surface area contributed by atoms with Gasteiger partial charge in [0.25, 0.3) is 11.5 Å².